The van der Waals surface area contributed by atoms with E-state index in [0.29, 0.717) is 32.4 Å². The molecule has 0 bridgehead atoms. The Kier molecular flexibility index (Phi) is 8.40. The number of halogens is 5. The highest BCUT2D eigenvalue weighted by atomic mass is 35.5. The number of nitrogens with two attached hydrogens (primary N) is 1. The fraction of sp³-hybridized carbons (Fsp3) is 0.478. The maximum absolute atomic E-state index is 14.7. The molecule has 15 heteroatoms. The lowest BCUT2D eigenvalue weighted by molar-refractivity contribution is -0.137. The molecule has 1 amide bonds. The van der Waals surface area contributed by atoms with Crippen LogP contribution < -0.4 is 16.0 Å². The minimum Gasteiger partial charge on any atom is -0.481 e. The Morgan fingerprint density at radius 2 is 2.00 bits per heavy atom. The second kappa shape index (κ2) is 11.4. The lowest BCUT2D eigenvalue weighted by atomic mass is 9.97. The summed E-state index contributed by atoms with van der Waals surface area (Å²) in [5, 5.41) is 11.7. The smallest absolute Gasteiger partial charge is 0.416 e. The maximum Gasteiger partial charge on any atom is 0.416 e. The number of carbonyl (C=O) groups excluding carboxylic acids is 1. The van der Waals surface area contributed by atoms with Gasteiger partial charge in [-0.25, -0.2) is 9.97 Å². The zero-order chi connectivity index (χ0) is 27.6. The fourth-order valence-corrected chi connectivity index (χ4v) is 6.09. The number of carboxylic acid groups (broad SMARTS) is 1. The van der Waals surface area contributed by atoms with Gasteiger partial charge in [-0.05, 0) is 37.5 Å². The molecule has 4 rings (SSSR count). The second-order valence-corrected chi connectivity index (χ2v) is 10.7. The van der Waals surface area contributed by atoms with Gasteiger partial charge < -0.3 is 26.0 Å². The lowest BCUT2D eigenvalue weighted by Crippen LogP contribution is -2.60. The topological polar surface area (TPSA) is 125 Å². The number of hydrogen-bond donors (Lipinski definition) is 3. The number of carbonyl (C=O) groups is 2. The van der Waals surface area contributed by atoms with Crippen LogP contribution in [0.4, 0.5) is 34.9 Å². The van der Waals surface area contributed by atoms with Crippen LogP contribution in [0.2, 0.25) is 5.02 Å². The summed E-state index contributed by atoms with van der Waals surface area (Å²) in [5.74, 6) is -2.64. The highest BCUT2D eigenvalue weighted by Gasteiger charge is 2.41. The van der Waals surface area contributed by atoms with Crippen molar-refractivity contribution in [1.82, 2.24) is 14.9 Å². The van der Waals surface area contributed by atoms with Crippen molar-refractivity contribution in [2.75, 3.05) is 41.3 Å². The zero-order valence-corrected chi connectivity index (χ0v) is 21.5. The Morgan fingerprint density at radius 1 is 1.24 bits per heavy atom. The van der Waals surface area contributed by atoms with Crippen LogP contribution in [0, 0.1) is 5.82 Å². The van der Waals surface area contributed by atoms with Crippen molar-refractivity contribution in [3.05, 3.63) is 40.9 Å². The first-order chi connectivity index (χ1) is 17.9. The van der Waals surface area contributed by atoms with Gasteiger partial charge in [-0.15, -0.1) is 11.8 Å². The number of rotatable bonds is 7. The van der Waals surface area contributed by atoms with E-state index in [1.165, 1.54) is 17.8 Å². The van der Waals surface area contributed by atoms with Crippen LogP contribution in [0.15, 0.2) is 24.5 Å². The third kappa shape index (κ3) is 6.34. The maximum atomic E-state index is 14.7. The SMILES string of the molecule is Nc1ncnc(N2CCC(SCC(=O)O)[C@@H](N3CCC[C@@H](Nc4cc(Cl)cc(C(F)(F)F)c4)C3=O)C2)c1F. The molecule has 0 aliphatic carbocycles. The van der Waals surface area contributed by atoms with E-state index in [1.807, 2.05) is 0 Å². The van der Waals surface area contributed by atoms with E-state index in [-0.39, 0.29) is 45.8 Å². The number of likely N-dealkylation sites (tertiary alicyclic amines) is 1. The minimum absolute atomic E-state index is 0.0121. The normalized spacial score (nSPS) is 22.4. The van der Waals surface area contributed by atoms with Gasteiger partial charge in [0.05, 0.1) is 17.4 Å². The van der Waals surface area contributed by atoms with Gasteiger partial charge in [-0.3, -0.25) is 9.59 Å². The molecule has 38 heavy (non-hydrogen) atoms. The summed E-state index contributed by atoms with van der Waals surface area (Å²) < 4.78 is 54.5. The minimum atomic E-state index is -4.61. The van der Waals surface area contributed by atoms with Crippen LogP contribution in [0.3, 0.4) is 0 Å². The number of nitrogen functional groups attached to an aromatic ring is 1. The first-order valence-electron chi connectivity index (χ1n) is 11.7. The summed E-state index contributed by atoms with van der Waals surface area (Å²) in [5.41, 5.74) is 4.72. The summed E-state index contributed by atoms with van der Waals surface area (Å²) in [6.45, 7) is 0.878. The number of piperidine rings is 2. The summed E-state index contributed by atoms with van der Waals surface area (Å²) in [4.78, 5) is 35.7. The Morgan fingerprint density at radius 3 is 2.71 bits per heavy atom. The van der Waals surface area contributed by atoms with Gasteiger partial charge in [-0.2, -0.15) is 17.6 Å². The highest BCUT2D eigenvalue weighted by Crippen LogP contribution is 2.35. The van der Waals surface area contributed by atoms with Crippen molar-refractivity contribution in [1.29, 1.82) is 0 Å². The van der Waals surface area contributed by atoms with Crippen molar-refractivity contribution in [3.8, 4) is 0 Å². The van der Waals surface area contributed by atoms with E-state index in [9.17, 15) is 32.3 Å². The molecule has 2 aromatic rings. The van der Waals surface area contributed by atoms with E-state index in [2.05, 4.69) is 15.3 Å². The molecule has 4 N–H and O–H groups in total. The highest BCUT2D eigenvalue weighted by molar-refractivity contribution is 8.00. The van der Waals surface area contributed by atoms with E-state index in [1.54, 1.807) is 9.80 Å². The molecule has 3 heterocycles. The Balaban J connectivity index is 1.57. The molecule has 9 nitrogen and oxygen atoms in total. The lowest BCUT2D eigenvalue weighted by Gasteiger charge is -2.46. The molecule has 0 spiro atoms. The summed E-state index contributed by atoms with van der Waals surface area (Å²) in [6, 6.07) is 1.69. The number of aliphatic carboxylic acids is 1. The molecule has 206 valence electrons. The second-order valence-electron chi connectivity index (χ2n) is 9.04. The molecule has 1 aromatic carbocycles. The molecule has 0 saturated carbocycles. The predicted molar refractivity (Wildman–Crippen MR) is 136 cm³/mol. The molecule has 2 aliphatic rings. The largest absolute Gasteiger partial charge is 0.481 e. The molecule has 2 saturated heterocycles. The standard InChI is InChI=1S/C23H25ClF4N6O3S/c24-13-6-12(23(26,27)28)7-14(8-13)32-15-2-1-4-34(22(15)37)16-9-33(5-3-17(16)38-10-18(35)36)21-19(25)20(29)30-11-31-21/h6-8,11,15-17,32H,1-5,9-10H2,(H,35,36)(H2,29,30,31)/t15-,16+,17?/m1/s1. The Bertz CT molecular complexity index is 1210. The fourth-order valence-electron chi connectivity index (χ4n) is 4.77. The number of anilines is 3. The van der Waals surface area contributed by atoms with Crippen LogP contribution >= 0.6 is 23.4 Å². The third-order valence-corrected chi connectivity index (χ3v) is 8.09. The van der Waals surface area contributed by atoms with Crippen molar-refractivity contribution in [3.63, 3.8) is 0 Å². The van der Waals surface area contributed by atoms with Crippen LogP contribution in [0.1, 0.15) is 24.8 Å². The number of nitrogens with one attached hydrogen (secondary N) is 1. The van der Waals surface area contributed by atoms with E-state index >= 15 is 0 Å². The predicted octanol–water partition coefficient (Wildman–Crippen LogP) is 3.74. The van der Waals surface area contributed by atoms with Crippen molar-refractivity contribution < 1.29 is 32.3 Å². The van der Waals surface area contributed by atoms with E-state index < -0.39 is 35.6 Å². The zero-order valence-electron chi connectivity index (χ0n) is 19.9. The first kappa shape index (κ1) is 28.0. The number of thioether (sulfide) groups is 1. The van der Waals surface area contributed by atoms with Crippen molar-refractivity contribution >= 4 is 52.6 Å². The Hall–Kier alpha value is -3.00. The molecule has 2 aliphatic heterocycles. The molecular weight excluding hydrogens is 552 g/mol. The summed E-state index contributed by atoms with van der Waals surface area (Å²) in [6.07, 6.45) is -2.09. The number of hydrogen-bond acceptors (Lipinski definition) is 8. The average molecular weight is 577 g/mol. The molecule has 2 fully saturated rings. The van der Waals surface area contributed by atoms with Gasteiger partial charge in [0.1, 0.15) is 12.4 Å². The number of alkyl halides is 3. The van der Waals surface area contributed by atoms with Crippen LogP contribution in [-0.2, 0) is 15.8 Å². The number of aromatic nitrogens is 2. The summed E-state index contributed by atoms with van der Waals surface area (Å²) >= 11 is 7.09. The van der Waals surface area contributed by atoms with Gasteiger partial charge in [0.2, 0.25) is 11.7 Å². The Labute approximate surface area is 224 Å². The van der Waals surface area contributed by atoms with Crippen LogP contribution in [0.25, 0.3) is 0 Å². The van der Waals surface area contributed by atoms with Gasteiger partial charge >= 0.3 is 12.1 Å². The number of benzene rings is 1. The van der Waals surface area contributed by atoms with Gasteiger partial charge in [-0.1, -0.05) is 11.6 Å². The average Bonchev–Trinajstić information content (AvgIpc) is 2.85. The number of nitrogens with zero attached hydrogens (tertiary/aromatic N) is 4. The van der Waals surface area contributed by atoms with Crippen molar-refractivity contribution in [2.45, 2.75) is 42.8 Å². The number of amides is 1. The van der Waals surface area contributed by atoms with Crippen LogP contribution in [-0.4, -0.2) is 74.6 Å². The summed E-state index contributed by atoms with van der Waals surface area (Å²) in [7, 11) is 0. The van der Waals surface area contributed by atoms with Gasteiger partial charge in [0.15, 0.2) is 11.6 Å². The monoisotopic (exact) mass is 576 g/mol. The number of carboxylic acids is 1. The quantitative estimate of drug-likeness (QED) is 0.423. The molecular formula is C23H25ClF4N6O3S. The van der Waals surface area contributed by atoms with Gasteiger partial charge in [0, 0.05) is 35.6 Å². The van der Waals surface area contributed by atoms with E-state index in [0.717, 1.165) is 18.5 Å². The van der Waals surface area contributed by atoms with Gasteiger partial charge in [0.25, 0.3) is 0 Å². The molecule has 3 atom stereocenters. The molecule has 0 radical (unpaired) electrons. The molecule has 1 unspecified atom stereocenters. The molecule has 1 aromatic heterocycles. The van der Waals surface area contributed by atoms with Crippen LogP contribution in [0.5, 0.6) is 0 Å². The van der Waals surface area contributed by atoms with Crippen molar-refractivity contribution in [2.24, 2.45) is 0 Å². The van der Waals surface area contributed by atoms with E-state index in [4.69, 9.17) is 17.3 Å². The third-order valence-electron chi connectivity index (χ3n) is 6.48. The first-order valence-corrected chi connectivity index (χ1v) is 13.2.